The molecule has 2 aliphatic rings. The molecule has 144 valence electrons. The molecular formula is C20H18FN3O2S2. The third-order valence-corrected chi connectivity index (χ3v) is 8.91. The van der Waals surface area contributed by atoms with Crippen LogP contribution in [0.4, 0.5) is 4.39 Å². The van der Waals surface area contributed by atoms with Crippen LogP contribution in [0.25, 0.3) is 11.1 Å². The fourth-order valence-electron chi connectivity index (χ4n) is 4.26. The highest BCUT2D eigenvalue weighted by Crippen LogP contribution is 2.46. The molecule has 1 saturated heterocycles. The maximum atomic E-state index is 13.1. The first kappa shape index (κ1) is 17.9. The molecule has 2 atom stereocenters. The topological polar surface area (TPSA) is 63.2 Å². The van der Waals surface area contributed by atoms with E-state index in [1.54, 1.807) is 29.5 Å². The number of hydrogen-bond donors (Lipinski definition) is 0. The smallest absolute Gasteiger partial charge is 0.212 e. The number of hydrogen-bond acceptors (Lipinski definition) is 6. The molecule has 0 aliphatic carbocycles. The number of sulfone groups is 1. The van der Waals surface area contributed by atoms with Crippen molar-refractivity contribution in [2.75, 3.05) is 13.1 Å². The van der Waals surface area contributed by atoms with Gasteiger partial charge in [0.15, 0.2) is 9.84 Å². The van der Waals surface area contributed by atoms with Crippen molar-refractivity contribution in [2.45, 2.75) is 29.5 Å². The molecule has 5 nitrogen and oxygen atoms in total. The first-order chi connectivity index (χ1) is 13.4. The molecule has 0 radical (unpaired) electrons. The number of thiazole rings is 1. The summed E-state index contributed by atoms with van der Waals surface area (Å²) in [6.45, 7) is 3.96. The Morgan fingerprint density at radius 1 is 1.18 bits per heavy atom. The van der Waals surface area contributed by atoms with E-state index < -0.39 is 21.0 Å². The Balaban J connectivity index is 1.49. The van der Waals surface area contributed by atoms with Crippen LogP contribution in [0.2, 0.25) is 0 Å². The highest BCUT2D eigenvalue weighted by atomic mass is 32.2. The van der Waals surface area contributed by atoms with Gasteiger partial charge in [-0.05, 0) is 42.3 Å². The van der Waals surface area contributed by atoms with E-state index in [2.05, 4.69) is 14.9 Å². The lowest BCUT2D eigenvalue weighted by atomic mass is 9.95. The third-order valence-electron chi connectivity index (χ3n) is 5.73. The Morgan fingerprint density at radius 3 is 2.71 bits per heavy atom. The standard InChI is InChI=1S/C20H18FN3O2S2/c1-12-17(27-11-23-12)9-24-8-16-15-6-13(14-3-5-20(21)22-7-14)2-4-18(15)28(25,26)19(16)10-24/h2-7,11,16,19H,8-10H2,1H3/t16-,19+/m1/s1. The van der Waals surface area contributed by atoms with Gasteiger partial charge in [-0.3, -0.25) is 4.90 Å². The second-order valence-electron chi connectivity index (χ2n) is 7.37. The van der Waals surface area contributed by atoms with E-state index >= 15 is 0 Å². The van der Waals surface area contributed by atoms with Crippen LogP contribution in [-0.2, 0) is 16.4 Å². The summed E-state index contributed by atoms with van der Waals surface area (Å²) in [5.41, 5.74) is 5.35. The molecule has 0 saturated carbocycles. The first-order valence-corrected chi connectivity index (χ1v) is 11.5. The lowest BCUT2D eigenvalue weighted by molar-refractivity contribution is 0.327. The molecule has 0 spiro atoms. The van der Waals surface area contributed by atoms with Gasteiger partial charge >= 0.3 is 0 Å². The van der Waals surface area contributed by atoms with Gasteiger partial charge in [-0.15, -0.1) is 11.3 Å². The van der Waals surface area contributed by atoms with Gasteiger partial charge in [0, 0.05) is 42.2 Å². The van der Waals surface area contributed by atoms with Gasteiger partial charge in [0.25, 0.3) is 0 Å². The Hall–Kier alpha value is -2.16. The number of nitrogens with zero attached hydrogens (tertiary/aromatic N) is 3. The normalized spacial score (nSPS) is 22.9. The zero-order valence-corrected chi connectivity index (χ0v) is 16.8. The average molecular weight is 416 g/mol. The molecule has 2 aromatic heterocycles. The van der Waals surface area contributed by atoms with Gasteiger partial charge < -0.3 is 0 Å². The number of aromatic nitrogens is 2. The molecule has 0 amide bonds. The van der Waals surface area contributed by atoms with Crippen LogP contribution in [-0.4, -0.2) is 41.6 Å². The minimum Gasteiger partial charge on any atom is -0.296 e. The Kier molecular flexibility index (Phi) is 4.12. The summed E-state index contributed by atoms with van der Waals surface area (Å²) in [5.74, 6) is -0.570. The average Bonchev–Trinajstić information content (AvgIpc) is 3.33. The van der Waals surface area contributed by atoms with Crippen LogP contribution in [0.3, 0.4) is 0 Å². The molecule has 1 fully saturated rings. The fraction of sp³-hybridized carbons (Fsp3) is 0.300. The van der Waals surface area contributed by atoms with Crippen LogP contribution in [0.5, 0.6) is 0 Å². The third kappa shape index (κ3) is 2.78. The zero-order chi connectivity index (χ0) is 19.5. The zero-order valence-electron chi connectivity index (χ0n) is 15.2. The van der Waals surface area contributed by atoms with Crippen LogP contribution in [0, 0.1) is 12.9 Å². The van der Waals surface area contributed by atoms with E-state index in [4.69, 9.17) is 0 Å². The van der Waals surface area contributed by atoms with E-state index in [-0.39, 0.29) is 5.92 Å². The summed E-state index contributed by atoms with van der Waals surface area (Å²) in [4.78, 5) is 11.8. The summed E-state index contributed by atoms with van der Waals surface area (Å²) < 4.78 is 39.3. The van der Waals surface area contributed by atoms with E-state index in [1.165, 1.54) is 17.1 Å². The van der Waals surface area contributed by atoms with Crippen molar-refractivity contribution < 1.29 is 12.8 Å². The fourth-order valence-corrected chi connectivity index (χ4v) is 7.28. The Labute approximate surface area is 166 Å². The molecule has 5 rings (SSSR count). The number of fused-ring (bicyclic) bond motifs is 3. The van der Waals surface area contributed by atoms with Crippen LogP contribution < -0.4 is 0 Å². The predicted octanol–water partition coefficient (Wildman–Crippen LogP) is 3.41. The Morgan fingerprint density at radius 2 is 2.00 bits per heavy atom. The van der Waals surface area contributed by atoms with E-state index in [0.29, 0.717) is 18.0 Å². The summed E-state index contributed by atoms with van der Waals surface area (Å²) >= 11 is 1.61. The van der Waals surface area contributed by atoms with Crippen LogP contribution in [0.1, 0.15) is 22.1 Å². The van der Waals surface area contributed by atoms with Crippen molar-refractivity contribution in [1.82, 2.24) is 14.9 Å². The summed E-state index contributed by atoms with van der Waals surface area (Å²) in [7, 11) is -3.34. The van der Waals surface area contributed by atoms with Crippen molar-refractivity contribution in [3.8, 4) is 11.1 Å². The van der Waals surface area contributed by atoms with Gasteiger partial charge in [-0.25, -0.2) is 18.4 Å². The minimum absolute atomic E-state index is 0.0402. The molecule has 3 aromatic rings. The molecule has 0 bridgehead atoms. The summed E-state index contributed by atoms with van der Waals surface area (Å²) in [6.07, 6.45) is 1.48. The maximum Gasteiger partial charge on any atom is 0.212 e. The minimum atomic E-state index is -3.34. The molecule has 28 heavy (non-hydrogen) atoms. The van der Waals surface area contributed by atoms with E-state index in [9.17, 15) is 12.8 Å². The Bertz CT molecular complexity index is 1160. The van der Waals surface area contributed by atoms with Crippen molar-refractivity contribution in [1.29, 1.82) is 0 Å². The number of pyridine rings is 1. The largest absolute Gasteiger partial charge is 0.296 e. The number of likely N-dealkylation sites (tertiary alicyclic amines) is 1. The van der Waals surface area contributed by atoms with Gasteiger partial charge in [0.2, 0.25) is 5.95 Å². The maximum absolute atomic E-state index is 13.1. The molecular weight excluding hydrogens is 397 g/mol. The molecule has 4 heterocycles. The number of aryl methyl sites for hydroxylation is 1. The molecule has 0 unspecified atom stereocenters. The van der Waals surface area contributed by atoms with Gasteiger partial charge in [0.05, 0.1) is 21.3 Å². The van der Waals surface area contributed by atoms with Gasteiger partial charge in [0.1, 0.15) is 0 Å². The van der Waals surface area contributed by atoms with Gasteiger partial charge in [-0.2, -0.15) is 4.39 Å². The van der Waals surface area contributed by atoms with Crippen molar-refractivity contribution in [3.05, 3.63) is 64.1 Å². The highest BCUT2D eigenvalue weighted by Gasteiger charge is 2.50. The highest BCUT2D eigenvalue weighted by molar-refractivity contribution is 7.92. The summed E-state index contributed by atoms with van der Waals surface area (Å²) in [5, 5.41) is -0.405. The van der Waals surface area contributed by atoms with E-state index in [0.717, 1.165) is 28.9 Å². The molecule has 0 N–H and O–H groups in total. The number of rotatable bonds is 3. The lowest BCUT2D eigenvalue weighted by Crippen LogP contribution is -2.25. The number of halogens is 1. The number of benzene rings is 1. The van der Waals surface area contributed by atoms with Crippen molar-refractivity contribution in [3.63, 3.8) is 0 Å². The SMILES string of the molecule is Cc1ncsc1CN1C[C@@H]2c3cc(-c4ccc(F)nc4)ccc3S(=O)(=O)[C@H]2C1. The predicted molar refractivity (Wildman–Crippen MR) is 105 cm³/mol. The van der Waals surface area contributed by atoms with Crippen LogP contribution >= 0.6 is 11.3 Å². The molecule has 8 heteroatoms. The van der Waals surface area contributed by atoms with Crippen LogP contribution in [0.15, 0.2) is 46.9 Å². The molecule has 1 aromatic carbocycles. The van der Waals surface area contributed by atoms with Crippen molar-refractivity contribution >= 4 is 21.2 Å². The monoisotopic (exact) mass is 415 g/mol. The lowest BCUT2D eigenvalue weighted by Gasteiger charge is -2.17. The second kappa shape index (κ2) is 6.43. The second-order valence-corrected chi connectivity index (χ2v) is 10.4. The quantitative estimate of drug-likeness (QED) is 0.614. The van der Waals surface area contributed by atoms with Crippen molar-refractivity contribution in [2.24, 2.45) is 0 Å². The first-order valence-electron chi connectivity index (χ1n) is 9.04. The molecule has 2 aliphatic heterocycles. The summed E-state index contributed by atoms with van der Waals surface area (Å²) in [6, 6.07) is 8.40. The van der Waals surface area contributed by atoms with Gasteiger partial charge in [-0.1, -0.05) is 6.07 Å². The van der Waals surface area contributed by atoms with E-state index in [1.807, 2.05) is 18.5 Å².